The number of urea groups is 1. The highest BCUT2D eigenvalue weighted by Gasteiger charge is 2.21. The zero-order chi connectivity index (χ0) is 17.6. The van der Waals surface area contributed by atoms with Crippen molar-refractivity contribution >= 4 is 16.9 Å². The molecule has 1 atom stereocenters. The molecule has 130 valence electrons. The van der Waals surface area contributed by atoms with Crippen LogP contribution >= 0.6 is 0 Å². The van der Waals surface area contributed by atoms with E-state index in [9.17, 15) is 9.90 Å². The van der Waals surface area contributed by atoms with Gasteiger partial charge in [0.15, 0.2) is 0 Å². The van der Waals surface area contributed by atoms with Crippen LogP contribution in [0.4, 0.5) is 4.79 Å². The summed E-state index contributed by atoms with van der Waals surface area (Å²) in [6.45, 7) is 6.65. The molecule has 1 aromatic carbocycles. The van der Waals surface area contributed by atoms with E-state index < -0.39 is 5.60 Å². The molecular formula is C19H27N3O2. The zero-order valence-electron chi connectivity index (χ0n) is 14.7. The number of rotatable bonds is 7. The number of aromatic nitrogens is 1. The number of carbonyl (C=O) groups excluding carboxylic acids is 1. The van der Waals surface area contributed by atoms with Gasteiger partial charge in [0.25, 0.3) is 0 Å². The Kier molecular flexibility index (Phi) is 6.15. The maximum absolute atomic E-state index is 12.0. The molecule has 5 heteroatoms. The molecule has 0 saturated heterocycles. The number of amides is 2. The lowest BCUT2D eigenvalue weighted by Gasteiger charge is -2.24. The van der Waals surface area contributed by atoms with Gasteiger partial charge in [0.05, 0.1) is 11.1 Å². The number of hydrogen-bond donors (Lipinski definition) is 3. The molecule has 2 amide bonds. The van der Waals surface area contributed by atoms with Gasteiger partial charge in [-0.15, -0.1) is 0 Å². The SMILES string of the molecule is CC(C)CCC(C)(O)CNC(=O)NCc1ccnc2ccccc12. The highest BCUT2D eigenvalue weighted by atomic mass is 16.3. The van der Waals surface area contributed by atoms with Gasteiger partial charge in [-0.05, 0) is 43.4 Å². The summed E-state index contributed by atoms with van der Waals surface area (Å²) in [5.74, 6) is 0.533. The van der Waals surface area contributed by atoms with Gasteiger partial charge < -0.3 is 15.7 Å². The van der Waals surface area contributed by atoms with Crippen LogP contribution in [0.2, 0.25) is 0 Å². The van der Waals surface area contributed by atoms with Crippen molar-refractivity contribution in [2.75, 3.05) is 6.54 Å². The van der Waals surface area contributed by atoms with Gasteiger partial charge in [-0.2, -0.15) is 0 Å². The summed E-state index contributed by atoms with van der Waals surface area (Å²) in [6.07, 6.45) is 3.34. The minimum absolute atomic E-state index is 0.239. The van der Waals surface area contributed by atoms with Gasteiger partial charge >= 0.3 is 6.03 Å². The van der Waals surface area contributed by atoms with Crippen LogP contribution < -0.4 is 10.6 Å². The van der Waals surface area contributed by atoms with E-state index in [0.717, 1.165) is 22.9 Å². The number of para-hydroxylation sites is 1. The third-order valence-electron chi connectivity index (χ3n) is 4.07. The Morgan fingerprint density at radius 3 is 2.75 bits per heavy atom. The fraction of sp³-hybridized carbons (Fsp3) is 0.474. The van der Waals surface area contributed by atoms with Crippen LogP contribution in [0, 0.1) is 5.92 Å². The van der Waals surface area contributed by atoms with Gasteiger partial charge in [0.2, 0.25) is 0 Å². The molecule has 0 bridgehead atoms. The van der Waals surface area contributed by atoms with E-state index in [1.165, 1.54) is 0 Å². The average molecular weight is 329 g/mol. The summed E-state index contributed by atoms with van der Waals surface area (Å²) in [7, 11) is 0. The van der Waals surface area contributed by atoms with Crippen LogP contribution in [0.25, 0.3) is 10.9 Å². The Hall–Kier alpha value is -2.14. The standard InChI is InChI=1S/C19H27N3O2/c1-14(2)8-10-19(3,24)13-22-18(23)21-12-15-9-11-20-17-7-5-4-6-16(15)17/h4-7,9,11,14,24H,8,10,12-13H2,1-3H3,(H2,21,22,23). The Bertz CT molecular complexity index is 678. The molecule has 0 radical (unpaired) electrons. The van der Waals surface area contributed by atoms with Gasteiger partial charge in [0, 0.05) is 24.7 Å². The lowest BCUT2D eigenvalue weighted by molar-refractivity contribution is 0.0476. The van der Waals surface area contributed by atoms with Crippen molar-refractivity contribution in [3.63, 3.8) is 0 Å². The summed E-state index contributed by atoms with van der Waals surface area (Å²) in [5.41, 5.74) is 1.04. The highest BCUT2D eigenvalue weighted by Crippen LogP contribution is 2.16. The molecule has 3 N–H and O–H groups in total. The van der Waals surface area contributed by atoms with Crippen molar-refractivity contribution in [2.45, 2.75) is 45.8 Å². The molecule has 1 heterocycles. The van der Waals surface area contributed by atoms with Crippen molar-refractivity contribution in [2.24, 2.45) is 5.92 Å². The number of nitrogens with zero attached hydrogens (tertiary/aromatic N) is 1. The minimum Gasteiger partial charge on any atom is -0.388 e. The van der Waals surface area contributed by atoms with Crippen LogP contribution in [0.15, 0.2) is 36.5 Å². The van der Waals surface area contributed by atoms with Crippen molar-refractivity contribution in [3.05, 3.63) is 42.1 Å². The Morgan fingerprint density at radius 1 is 1.25 bits per heavy atom. The average Bonchev–Trinajstić information content (AvgIpc) is 2.56. The van der Waals surface area contributed by atoms with E-state index in [2.05, 4.69) is 29.5 Å². The molecule has 5 nitrogen and oxygen atoms in total. The number of benzene rings is 1. The fourth-order valence-electron chi connectivity index (χ4n) is 2.51. The van der Waals surface area contributed by atoms with Crippen LogP contribution in [-0.2, 0) is 6.54 Å². The highest BCUT2D eigenvalue weighted by molar-refractivity contribution is 5.82. The summed E-state index contributed by atoms with van der Waals surface area (Å²) in [4.78, 5) is 16.3. The van der Waals surface area contributed by atoms with E-state index in [0.29, 0.717) is 18.9 Å². The van der Waals surface area contributed by atoms with Gasteiger partial charge in [-0.1, -0.05) is 32.0 Å². The third kappa shape index (κ3) is 5.49. The predicted octanol–water partition coefficient (Wildman–Crippen LogP) is 3.22. The van der Waals surface area contributed by atoms with Gasteiger partial charge in [-0.25, -0.2) is 4.79 Å². The minimum atomic E-state index is -0.884. The monoisotopic (exact) mass is 329 g/mol. The Balaban J connectivity index is 1.84. The molecule has 0 spiro atoms. The molecule has 24 heavy (non-hydrogen) atoms. The lowest BCUT2D eigenvalue weighted by Crippen LogP contribution is -2.44. The number of hydrogen-bond acceptors (Lipinski definition) is 3. The topological polar surface area (TPSA) is 74.2 Å². The number of fused-ring (bicyclic) bond motifs is 1. The maximum atomic E-state index is 12.0. The first kappa shape index (κ1) is 18.2. The zero-order valence-corrected chi connectivity index (χ0v) is 14.7. The van der Waals surface area contributed by atoms with Crippen LogP contribution in [0.3, 0.4) is 0 Å². The van der Waals surface area contributed by atoms with E-state index >= 15 is 0 Å². The third-order valence-corrected chi connectivity index (χ3v) is 4.07. The molecule has 1 aromatic heterocycles. The predicted molar refractivity (Wildman–Crippen MR) is 96.7 cm³/mol. The number of aliphatic hydroxyl groups is 1. The molecule has 0 aliphatic heterocycles. The summed E-state index contributed by atoms with van der Waals surface area (Å²) in [5, 5.41) is 16.9. The molecule has 2 rings (SSSR count). The normalized spacial score (nSPS) is 13.7. The van der Waals surface area contributed by atoms with Crippen molar-refractivity contribution in [1.82, 2.24) is 15.6 Å². The number of nitrogens with one attached hydrogen (secondary N) is 2. The maximum Gasteiger partial charge on any atom is 0.315 e. The molecule has 0 aliphatic rings. The first-order chi connectivity index (χ1) is 11.4. The molecule has 2 aromatic rings. The smallest absolute Gasteiger partial charge is 0.315 e. The Morgan fingerprint density at radius 2 is 2.00 bits per heavy atom. The first-order valence-electron chi connectivity index (χ1n) is 8.44. The Labute approximate surface area is 143 Å². The van der Waals surface area contributed by atoms with E-state index in [1.54, 1.807) is 13.1 Å². The summed E-state index contributed by atoms with van der Waals surface area (Å²) >= 11 is 0. The van der Waals surface area contributed by atoms with Crippen molar-refractivity contribution < 1.29 is 9.90 Å². The molecule has 1 unspecified atom stereocenters. The van der Waals surface area contributed by atoms with Gasteiger partial charge in [-0.3, -0.25) is 4.98 Å². The quantitative estimate of drug-likeness (QED) is 0.730. The number of pyridine rings is 1. The first-order valence-corrected chi connectivity index (χ1v) is 8.44. The van der Waals surface area contributed by atoms with Crippen molar-refractivity contribution in [3.8, 4) is 0 Å². The van der Waals surface area contributed by atoms with Crippen molar-refractivity contribution in [1.29, 1.82) is 0 Å². The van der Waals surface area contributed by atoms with Crippen LogP contribution in [0.1, 0.15) is 39.2 Å². The molecular weight excluding hydrogens is 302 g/mol. The molecule has 0 aliphatic carbocycles. The molecule has 0 saturated carbocycles. The fourth-order valence-corrected chi connectivity index (χ4v) is 2.51. The van der Waals surface area contributed by atoms with Crippen LogP contribution in [0.5, 0.6) is 0 Å². The van der Waals surface area contributed by atoms with E-state index in [4.69, 9.17) is 0 Å². The summed E-state index contributed by atoms with van der Waals surface area (Å²) in [6, 6.07) is 9.47. The molecule has 0 fully saturated rings. The van der Waals surface area contributed by atoms with Gasteiger partial charge in [0.1, 0.15) is 0 Å². The summed E-state index contributed by atoms with van der Waals surface area (Å²) < 4.78 is 0. The second-order valence-electron chi connectivity index (χ2n) is 6.95. The van der Waals surface area contributed by atoms with Crippen LogP contribution in [-0.4, -0.2) is 28.3 Å². The second kappa shape index (κ2) is 8.11. The number of carbonyl (C=O) groups is 1. The largest absolute Gasteiger partial charge is 0.388 e. The van der Waals surface area contributed by atoms with E-state index in [1.807, 2.05) is 30.3 Å². The van der Waals surface area contributed by atoms with E-state index in [-0.39, 0.29) is 12.6 Å². The second-order valence-corrected chi connectivity index (χ2v) is 6.95. The lowest BCUT2D eigenvalue weighted by atomic mass is 9.95.